The molecule has 2 atom stereocenters. The number of hydrogen-bond donors (Lipinski definition) is 0. The first-order valence-electron chi connectivity index (χ1n) is 8.19. The van der Waals surface area contributed by atoms with E-state index in [1.54, 1.807) is 11.4 Å². The van der Waals surface area contributed by atoms with Gasteiger partial charge in [0.15, 0.2) is 5.82 Å². The monoisotopic (exact) mass is 366 g/mol. The Kier molecular flexibility index (Phi) is 4.09. The van der Waals surface area contributed by atoms with Crippen LogP contribution in [0.5, 0.6) is 0 Å². The quantitative estimate of drug-likeness (QED) is 0.816. The number of nitrogens with zero attached hydrogens (tertiary/aromatic N) is 4. The molecule has 2 bridgehead atoms. The highest BCUT2D eigenvalue weighted by Gasteiger charge is 2.45. The molecule has 1 saturated heterocycles. The van der Waals surface area contributed by atoms with E-state index in [4.69, 9.17) is 4.74 Å². The van der Waals surface area contributed by atoms with E-state index < -0.39 is 15.8 Å². The third kappa shape index (κ3) is 2.76. The van der Waals surface area contributed by atoms with Crippen molar-refractivity contribution in [2.45, 2.75) is 49.4 Å². The number of rotatable bonds is 4. The molecule has 0 radical (unpaired) electrons. The van der Waals surface area contributed by atoms with Crippen LogP contribution in [0.2, 0.25) is 0 Å². The Morgan fingerprint density at radius 1 is 1.20 bits per heavy atom. The zero-order chi connectivity index (χ0) is 17.6. The van der Waals surface area contributed by atoms with Gasteiger partial charge in [-0.1, -0.05) is 0 Å². The SMILES string of the molecule is COCc1nnc2n1CC1CCC(C2)N1S(=O)(=O)c1ccc(F)cc1. The van der Waals surface area contributed by atoms with Crippen molar-refractivity contribution in [3.05, 3.63) is 41.7 Å². The molecule has 2 unspecified atom stereocenters. The average Bonchev–Trinajstić information content (AvgIpc) is 3.08. The molecule has 1 aromatic heterocycles. The van der Waals surface area contributed by atoms with Crippen LogP contribution in [0, 0.1) is 5.82 Å². The molecule has 25 heavy (non-hydrogen) atoms. The molecule has 2 aliphatic rings. The van der Waals surface area contributed by atoms with Gasteiger partial charge in [-0.15, -0.1) is 10.2 Å². The fraction of sp³-hybridized carbons (Fsp3) is 0.500. The predicted octanol–water partition coefficient (Wildman–Crippen LogP) is 1.34. The second kappa shape index (κ2) is 6.15. The summed E-state index contributed by atoms with van der Waals surface area (Å²) in [5.41, 5.74) is 0. The van der Waals surface area contributed by atoms with Gasteiger partial charge in [-0.2, -0.15) is 4.31 Å². The second-order valence-electron chi connectivity index (χ2n) is 6.45. The van der Waals surface area contributed by atoms with Crippen molar-refractivity contribution in [1.82, 2.24) is 19.1 Å². The van der Waals surface area contributed by atoms with Crippen molar-refractivity contribution in [2.75, 3.05) is 7.11 Å². The van der Waals surface area contributed by atoms with Gasteiger partial charge in [-0.05, 0) is 37.1 Å². The molecule has 2 aromatic rings. The van der Waals surface area contributed by atoms with E-state index in [1.807, 2.05) is 4.57 Å². The lowest BCUT2D eigenvalue weighted by Crippen LogP contribution is -2.42. The van der Waals surface area contributed by atoms with E-state index in [-0.39, 0.29) is 17.0 Å². The minimum Gasteiger partial charge on any atom is -0.377 e. The highest BCUT2D eigenvalue weighted by molar-refractivity contribution is 7.89. The lowest BCUT2D eigenvalue weighted by molar-refractivity contribution is 0.172. The predicted molar refractivity (Wildman–Crippen MR) is 86.7 cm³/mol. The van der Waals surface area contributed by atoms with Crippen LogP contribution in [0.3, 0.4) is 0 Å². The zero-order valence-corrected chi connectivity index (χ0v) is 14.6. The van der Waals surface area contributed by atoms with Gasteiger partial charge in [0.2, 0.25) is 10.0 Å². The van der Waals surface area contributed by atoms with Gasteiger partial charge in [0.25, 0.3) is 0 Å². The Morgan fingerprint density at radius 3 is 2.64 bits per heavy atom. The minimum absolute atomic E-state index is 0.126. The molecule has 9 heteroatoms. The van der Waals surface area contributed by atoms with Crippen molar-refractivity contribution >= 4 is 10.0 Å². The zero-order valence-electron chi connectivity index (χ0n) is 13.8. The van der Waals surface area contributed by atoms with E-state index >= 15 is 0 Å². The van der Waals surface area contributed by atoms with Gasteiger partial charge in [0, 0.05) is 32.2 Å². The maximum atomic E-state index is 13.2. The highest BCUT2D eigenvalue weighted by Crippen LogP contribution is 2.36. The number of fused-ring (bicyclic) bond motifs is 3. The number of ether oxygens (including phenoxy) is 1. The first-order chi connectivity index (χ1) is 12.0. The van der Waals surface area contributed by atoms with Crippen LogP contribution in [-0.2, 0) is 34.3 Å². The fourth-order valence-electron chi connectivity index (χ4n) is 3.81. The molecular weight excluding hydrogens is 347 g/mol. The standard InChI is InChI=1S/C16H19FN4O3S/c1-24-10-16-19-18-15-8-12-4-5-13(9-20(15)16)21(12)25(22,23)14-6-2-11(17)3-7-14/h2-3,6-7,12-13H,4-5,8-10H2,1H3. The highest BCUT2D eigenvalue weighted by atomic mass is 32.2. The van der Waals surface area contributed by atoms with E-state index in [1.165, 1.54) is 24.3 Å². The maximum Gasteiger partial charge on any atom is 0.243 e. The molecule has 134 valence electrons. The normalized spacial score (nSPS) is 23.4. The number of benzene rings is 1. The third-order valence-electron chi connectivity index (χ3n) is 4.93. The summed E-state index contributed by atoms with van der Waals surface area (Å²) in [6.45, 7) is 0.854. The van der Waals surface area contributed by atoms with Crippen LogP contribution in [0.25, 0.3) is 0 Å². The number of hydrogen-bond acceptors (Lipinski definition) is 5. The van der Waals surface area contributed by atoms with Crippen LogP contribution < -0.4 is 0 Å². The van der Waals surface area contributed by atoms with Crippen LogP contribution in [-0.4, -0.2) is 46.7 Å². The summed E-state index contributed by atoms with van der Waals surface area (Å²) < 4.78 is 48.1. The average molecular weight is 366 g/mol. The molecule has 3 heterocycles. The molecule has 1 fully saturated rings. The molecule has 7 nitrogen and oxygen atoms in total. The summed E-state index contributed by atoms with van der Waals surface area (Å²) in [7, 11) is -2.09. The molecular formula is C16H19FN4O3S. The number of halogens is 1. The van der Waals surface area contributed by atoms with Crippen molar-refractivity contribution < 1.29 is 17.5 Å². The number of methoxy groups -OCH3 is 1. The van der Waals surface area contributed by atoms with Gasteiger partial charge in [-0.3, -0.25) is 0 Å². The fourth-order valence-corrected chi connectivity index (χ4v) is 5.67. The van der Waals surface area contributed by atoms with Crippen LogP contribution in [0.1, 0.15) is 24.5 Å². The summed E-state index contributed by atoms with van der Waals surface area (Å²) in [5.74, 6) is 1.05. The minimum atomic E-state index is -3.68. The smallest absolute Gasteiger partial charge is 0.243 e. The molecule has 0 saturated carbocycles. The molecule has 1 aromatic carbocycles. The second-order valence-corrected chi connectivity index (χ2v) is 8.30. The Morgan fingerprint density at radius 2 is 1.92 bits per heavy atom. The summed E-state index contributed by atoms with van der Waals surface area (Å²) >= 11 is 0. The third-order valence-corrected chi connectivity index (χ3v) is 6.95. The van der Waals surface area contributed by atoms with Crippen LogP contribution >= 0.6 is 0 Å². The van der Waals surface area contributed by atoms with E-state index in [0.717, 1.165) is 18.7 Å². The van der Waals surface area contributed by atoms with Crippen molar-refractivity contribution in [3.8, 4) is 0 Å². The Labute approximate surface area is 145 Å². The molecule has 2 aliphatic heterocycles. The Balaban J connectivity index is 1.70. The van der Waals surface area contributed by atoms with E-state index in [9.17, 15) is 12.8 Å². The summed E-state index contributed by atoms with van der Waals surface area (Å²) in [5, 5.41) is 8.38. The molecule has 0 N–H and O–H groups in total. The van der Waals surface area contributed by atoms with Crippen LogP contribution in [0.4, 0.5) is 4.39 Å². The number of aromatic nitrogens is 3. The Bertz CT molecular complexity index is 881. The van der Waals surface area contributed by atoms with Gasteiger partial charge < -0.3 is 9.30 Å². The van der Waals surface area contributed by atoms with Crippen molar-refractivity contribution in [1.29, 1.82) is 0 Å². The topological polar surface area (TPSA) is 77.3 Å². The molecule has 0 aliphatic carbocycles. The van der Waals surface area contributed by atoms with Crippen molar-refractivity contribution in [3.63, 3.8) is 0 Å². The summed E-state index contributed by atoms with van der Waals surface area (Å²) in [4.78, 5) is 0.126. The van der Waals surface area contributed by atoms with Gasteiger partial charge >= 0.3 is 0 Å². The van der Waals surface area contributed by atoms with Gasteiger partial charge in [-0.25, -0.2) is 12.8 Å². The molecule has 0 amide bonds. The van der Waals surface area contributed by atoms with Gasteiger partial charge in [0.1, 0.15) is 18.2 Å². The van der Waals surface area contributed by atoms with Crippen molar-refractivity contribution in [2.24, 2.45) is 0 Å². The number of sulfonamides is 1. The van der Waals surface area contributed by atoms with Gasteiger partial charge in [0.05, 0.1) is 4.90 Å². The summed E-state index contributed by atoms with van der Waals surface area (Å²) in [6, 6.07) is 4.70. The first-order valence-corrected chi connectivity index (χ1v) is 9.63. The maximum absolute atomic E-state index is 13.2. The molecule has 0 spiro atoms. The van der Waals surface area contributed by atoms with E-state index in [0.29, 0.717) is 25.4 Å². The molecule has 4 rings (SSSR count). The lowest BCUT2D eigenvalue weighted by Gasteiger charge is -2.27. The van der Waals surface area contributed by atoms with E-state index in [2.05, 4.69) is 10.2 Å². The largest absolute Gasteiger partial charge is 0.377 e. The van der Waals surface area contributed by atoms with Crippen LogP contribution in [0.15, 0.2) is 29.2 Å². The Hall–Kier alpha value is -1.84. The summed E-state index contributed by atoms with van der Waals surface area (Å²) in [6.07, 6.45) is 2.10. The lowest BCUT2D eigenvalue weighted by atomic mass is 10.1. The first kappa shape index (κ1) is 16.6.